The predicted molar refractivity (Wildman–Crippen MR) is 64.8 cm³/mol. The molecule has 1 aromatic carbocycles. The van der Waals surface area contributed by atoms with Gasteiger partial charge >= 0.3 is 0 Å². The summed E-state index contributed by atoms with van der Waals surface area (Å²) in [6.45, 7) is 0. The highest BCUT2D eigenvalue weighted by atomic mass is 16.3. The van der Waals surface area contributed by atoms with E-state index in [1.165, 1.54) is 6.26 Å². The Hall–Kier alpha value is -2.42. The summed E-state index contributed by atoms with van der Waals surface area (Å²) in [6, 6.07) is 9.65. The fourth-order valence-corrected chi connectivity index (χ4v) is 1.99. The van der Waals surface area contributed by atoms with E-state index >= 15 is 0 Å². The van der Waals surface area contributed by atoms with Gasteiger partial charge in [0.25, 0.3) is 0 Å². The van der Waals surface area contributed by atoms with Crippen LogP contribution < -0.4 is 0 Å². The SMILES string of the molecule is O=Cc1occc1-c1cccc2cnccc12. The van der Waals surface area contributed by atoms with E-state index < -0.39 is 0 Å². The molecule has 0 aliphatic heterocycles. The maximum absolute atomic E-state index is 10.9. The number of furan rings is 1. The molecule has 0 atom stereocenters. The lowest BCUT2D eigenvalue weighted by molar-refractivity contribution is 0.110. The largest absolute Gasteiger partial charge is 0.461 e. The zero-order chi connectivity index (χ0) is 11.7. The fourth-order valence-electron chi connectivity index (χ4n) is 1.99. The van der Waals surface area contributed by atoms with Gasteiger partial charge in [0.1, 0.15) is 0 Å². The lowest BCUT2D eigenvalue weighted by Gasteiger charge is -2.04. The molecule has 0 saturated heterocycles. The molecule has 2 aromatic heterocycles. The molecule has 0 radical (unpaired) electrons. The molecule has 0 aliphatic carbocycles. The van der Waals surface area contributed by atoms with Crippen molar-refractivity contribution in [2.24, 2.45) is 0 Å². The number of pyridine rings is 1. The molecule has 0 bridgehead atoms. The third-order valence-electron chi connectivity index (χ3n) is 2.77. The van der Waals surface area contributed by atoms with E-state index in [9.17, 15) is 4.79 Å². The molecular formula is C14H9NO2. The maximum atomic E-state index is 10.9. The second-order valence-corrected chi connectivity index (χ2v) is 3.72. The molecule has 0 fully saturated rings. The molecule has 17 heavy (non-hydrogen) atoms. The number of nitrogens with zero attached hydrogens (tertiary/aromatic N) is 1. The van der Waals surface area contributed by atoms with Gasteiger partial charge in [0, 0.05) is 23.3 Å². The molecular weight excluding hydrogens is 214 g/mol. The standard InChI is InChI=1S/C14H9NO2/c16-9-14-13(5-7-17-14)12-3-1-2-10-8-15-6-4-11(10)12/h1-9H. The van der Waals surface area contributed by atoms with Gasteiger partial charge in [-0.3, -0.25) is 9.78 Å². The van der Waals surface area contributed by atoms with Crippen molar-refractivity contribution in [3.8, 4) is 11.1 Å². The van der Waals surface area contributed by atoms with Crippen molar-refractivity contribution in [1.29, 1.82) is 0 Å². The summed E-state index contributed by atoms with van der Waals surface area (Å²) in [4.78, 5) is 15.0. The topological polar surface area (TPSA) is 43.1 Å². The van der Waals surface area contributed by atoms with E-state index in [2.05, 4.69) is 4.98 Å². The first-order valence-corrected chi connectivity index (χ1v) is 5.26. The summed E-state index contributed by atoms with van der Waals surface area (Å²) in [5.74, 6) is 0.356. The van der Waals surface area contributed by atoms with Crippen LogP contribution in [-0.2, 0) is 0 Å². The Labute approximate surface area is 97.7 Å². The van der Waals surface area contributed by atoms with Crippen LogP contribution in [0.15, 0.2) is 53.4 Å². The van der Waals surface area contributed by atoms with E-state index in [1.54, 1.807) is 18.5 Å². The van der Waals surface area contributed by atoms with Gasteiger partial charge in [0.15, 0.2) is 12.0 Å². The number of carbonyl (C=O) groups excluding carboxylic acids is 1. The Morgan fingerprint density at radius 1 is 1.12 bits per heavy atom. The van der Waals surface area contributed by atoms with Gasteiger partial charge < -0.3 is 4.42 Å². The van der Waals surface area contributed by atoms with Crippen molar-refractivity contribution in [1.82, 2.24) is 4.98 Å². The highest BCUT2D eigenvalue weighted by Crippen LogP contribution is 2.30. The fraction of sp³-hybridized carbons (Fsp3) is 0. The van der Waals surface area contributed by atoms with Gasteiger partial charge in [-0.25, -0.2) is 0 Å². The number of carbonyl (C=O) groups is 1. The number of benzene rings is 1. The Morgan fingerprint density at radius 3 is 2.94 bits per heavy atom. The Kier molecular flexibility index (Phi) is 2.22. The van der Waals surface area contributed by atoms with Crippen LogP contribution in [0.2, 0.25) is 0 Å². The molecule has 0 saturated carbocycles. The van der Waals surface area contributed by atoms with Crippen LogP contribution in [0.4, 0.5) is 0 Å². The van der Waals surface area contributed by atoms with Crippen LogP contribution in [0.3, 0.4) is 0 Å². The van der Waals surface area contributed by atoms with Crippen LogP contribution in [0.5, 0.6) is 0 Å². The van der Waals surface area contributed by atoms with Crippen LogP contribution in [0.25, 0.3) is 21.9 Å². The molecule has 3 aromatic rings. The first kappa shape index (κ1) is 9.78. The van der Waals surface area contributed by atoms with E-state index in [-0.39, 0.29) is 0 Å². The molecule has 0 unspecified atom stereocenters. The number of hydrogen-bond donors (Lipinski definition) is 0. The number of hydrogen-bond acceptors (Lipinski definition) is 3. The lowest BCUT2D eigenvalue weighted by Crippen LogP contribution is -1.84. The summed E-state index contributed by atoms with van der Waals surface area (Å²) in [7, 11) is 0. The minimum Gasteiger partial charge on any atom is -0.461 e. The van der Waals surface area contributed by atoms with Crippen LogP contribution in [0.1, 0.15) is 10.6 Å². The number of aromatic nitrogens is 1. The minimum atomic E-state index is 0.356. The molecule has 0 amide bonds. The summed E-state index contributed by atoms with van der Waals surface area (Å²) in [5, 5.41) is 2.11. The van der Waals surface area contributed by atoms with Gasteiger partial charge in [-0.2, -0.15) is 0 Å². The Balaban J connectivity index is 2.34. The minimum absolute atomic E-state index is 0.356. The van der Waals surface area contributed by atoms with Crippen molar-refractivity contribution in [2.45, 2.75) is 0 Å². The molecule has 2 heterocycles. The predicted octanol–water partition coefficient (Wildman–Crippen LogP) is 3.31. The van der Waals surface area contributed by atoms with E-state index in [0.29, 0.717) is 5.76 Å². The van der Waals surface area contributed by atoms with Gasteiger partial charge in [0.2, 0.25) is 0 Å². The van der Waals surface area contributed by atoms with Crippen LogP contribution >= 0.6 is 0 Å². The zero-order valence-electron chi connectivity index (χ0n) is 8.96. The van der Waals surface area contributed by atoms with Crippen LogP contribution in [0, 0.1) is 0 Å². The van der Waals surface area contributed by atoms with Gasteiger partial charge in [-0.05, 0) is 23.1 Å². The van der Waals surface area contributed by atoms with Crippen molar-refractivity contribution >= 4 is 17.1 Å². The van der Waals surface area contributed by atoms with E-state index in [1.807, 2.05) is 24.3 Å². The highest BCUT2D eigenvalue weighted by molar-refractivity contribution is 5.99. The molecule has 82 valence electrons. The molecule has 3 heteroatoms. The first-order valence-electron chi connectivity index (χ1n) is 5.26. The third-order valence-corrected chi connectivity index (χ3v) is 2.77. The lowest BCUT2D eigenvalue weighted by atomic mass is 10.0. The zero-order valence-corrected chi connectivity index (χ0v) is 8.96. The van der Waals surface area contributed by atoms with E-state index in [0.717, 1.165) is 28.2 Å². The summed E-state index contributed by atoms with van der Waals surface area (Å²) in [5.41, 5.74) is 1.80. The summed E-state index contributed by atoms with van der Waals surface area (Å²) < 4.78 is 5.13. The second-order valence-electron chi connectivity index (χ2n) is 3.72. The summed E-state index contributed by atoms with van der Waals surface area (Å²) in [6.07, 6.45) is 5.81. The second kappa shape index (κ2) is 3.87. The number of aldehydes is 1. The average Bonchev–Trinajstić information content (AvgIpc) is 2.86. The van der Waals surface area contributed by atoms with Gasteiger partial charge in [-0.1, -0.05) is 18.2 Å². The maximum Gasteiger partial charge on any atom is 0.185 e. The van der Waals surface area contributed by atoms with Crippen molar-refractivity contribution < 1.29 is 9.21 Å². The van der Waals surface area contributed by atoms with Crippen molar-refractivity contribution in [2.75, 3.05) is 0 Å². The number of rotatable bonds is 2. The smallest absolute Gasteiger partial charge is 0.185 e. The first-order chi connectivity index (χ1) is 8.40. The highest BCUT2D eigenvalue weighted by Gasteiger charge is 2.10. The normalized spacial score (nSPS) is 10.6. The van der Waals surface area contributed by atoms with E-state index in [4.69, 9.17) is 4.42 Å². The Bertz CT molecular complexity index is 680. The molecule has 0 aliphatic rings. The third kappa shape index (κ3) is 1.52. The molecule has 0 N–H and O–H groups in total. The van der Waals surface area contributed by atoms with Crippen molar-refractivity contribution in [3.63, 3.8) is 0 Å². The van der Waals surface area contributed by atoms with Crippen molar-refractivity contribution in [3.05, 3.63) is 54.7 Å². The molecule has 0 spiro atoms. The quantitative estimate of drug-likeness (QED) is 0.626. The van der Waals surface area contributed by atoms with Gasteiger partial charge in [-0.15, -0.1) is 0 Å². The summed E-state index contributed by atoms with van der Waals surface area (Å²) >= 11 is 0. The van der Waals surface area contributed by atoms with Crippen LogP contribution in [-0.4, -0.2) is 11.3 Å². The average molecular weight is 223 g/mol. The molecule has 3 rings (SSSR count). The monoisotopic (exact) mass is 223 g/mol. The van der Waals surface area contributed by atoms with Gasteiger partial charge in [0.05, 0.1) is 6.26 Å². The number of fused-ring (bicyclic) bond motifs is 1. The molecule has 3 nitrogen and oxygen atoms in total. The Morgan fingerprint density at radius 2 is 2.06 bits per heavy atom.